The van der Waals surface area contributed by atoms with Gasteiger partial charge in [0.25, 0.3) is 5.56 Å². The molecule has 0 radical (unpaired) electrons. The van der Waals surface area contributed by atoms with Gasteiger partial charge < -0.3 is 16.4 Å². The number of halogens is 1. The highest BCUT2D eigenvalue weighted by Gasteiger charge is 2.18. The van der Waals surface area contributed by atoms with E-state index in [0.29, 0.717) is 23.5 Å². The fourth-order valence-corrected chi connectivity index (χ4v) is 2.97. The van der Waals surface area contributed by atoms with Gasteiger partial charge in [-0.3, -0.25) is 14.2 Å². The first kappa shape index (κ1) is 21.7. The number of nitrogens with zero attached hydrogens (tertiary/aromatic N) is 3. The van der Waals surface area contributed by atoms with E-state index in [2.05, 4.69) is 27.5 Å². The maximum absolute atomic E-state index is 13.0. The van der Waals surface area contributed by atoms with E-state index in [0.717, 1.165) is 19.3 Å². The van der Waals surface area contributed by atoms with Gasteiger partial charge in [-0.1, -0.05) is 31.4 Å². The van der Waals surface area contributed by atoms with Crippen molar-refractivity contribution in [2.75, 3.05) is 24.6 Å². The van der Waals surface area contributed by atoms with Crippen LogP contribution < -0.4 is 21.9 Å². The Balaban J connectivity index is 2.49. The van der Waals surface area contributed by atoms with E-state index in [1.807, 2.05) is 0 Å². The van der Waals surface area contributed by atoms with Crippen LogP contribution in [-0.4, -0.2) is 34.0 Å². The summed E-state index contributed by atoms with van der Waals surface area (Å²) in [6, 6.07) is 1.67. The first-order valence-electron chi connectivity index (χ1n) is 9.30. The van der Waals surface area contributed by atoms with Gasteiger partial charge in [-0.2, -0.15) is 0 Å². The number of unbranched alkanes of at least 4 members (excludes halogenated alkanes) is 2. The molecule has 152 valence electrons. The van der Waals surface area contributed by atoms with E-state index in [1.165, 1.54) is 4.57 Å². The van der Waals surface area contributed by atoms with Crippen LogP contribution in [0.4, 0.5) is 11.5 Å². The quantitative estimate of drug-likeness (QED) is 0.580. The molecule has 0 aliphatic heterocycles. The Hall–Kier alpha value is -2.61. The molecule has 2 aromatic rings. The van der Waals surface area contributed by atoms with Crippen molar-refractivity contribution in [3.05, 3.63) is 38.5 Å². The highest BCUT2D eigenvalue weighted by Crippen LogP contribution is 2.22. The Morgan fingerprint density at radius 1 is 1.29 bits per heavy atom. The van der Waals surface area contributed by atoms with Gasteiger partial charge in [0, 0.05) is 19.3 Å². The molecule has 0 unspecified atom stereocenters. The Morgan fingerprint density at radius 3 is 2.64 bits per heavy atom. The number of carbonyl (C=O) groups is 1. The predicted octanol–water partition coefficient (Wildman–Crippen LogP) is 2.37. The molecule has 2 rings (SSSR count). The highest BCUT2D eigenvalue weighted by molar-refractivity contribution is 6.30. The second kappa shape index (κ2) is 9.54. The van der Waals surface area contributed by atoms with Gasteiger partial charge in [0.15, 0.2) is 16.8 Å². The fraction of sp³-hybridized carbons (Fsp3) is 0.474. The lowest BCUT2D eigenvalue weighted by atomic mass is 10.1. The molecular formula is C19H27ClN6O2. The van der Waals surface area contributed by atoms with E-state index in [1.54, 1.807) is 27.0 Å². The monoisotopic (exact) mass is 406 g/mol. The van der Waals surface area contributed by atoms with Crippen molar-refractivity contribution in [2.45, 2.75) is 46.5 Å². The third-order valence-electron chi connectivity index (χ3n) is 4.49. The molecule has 0 spiro atoms. The van der Waals surface area contributed by atoms with Gasteiger partial charge in [0.05, 0.1) is 17.8 Å². The molecule has 8 nitrogen and oxygen atoms in total. The van der Waals surface area contributed by atoms with Crippen LogP contribution in [0.25, 0.3) is 5.82 Å². The lowest BCUT2D eigenvalue weighted by molar-refractivity contribution is -0.119. The Morgan fingerprint density at radius 2 is 2.00 bits per heavy atom. The first-order chi connectivity index (χ1) is 13.3. The van der Waals surface area contributed by atoms with Crippen molar-refractivity contribution in [3.63, 3.8) is 0 Å². The minimum atomic E-state index is -0.365. The van der Waals surface area contributed by atoms with Crippen molar-refractivity contribution in [3.8, 4) is 5.82 Å². The summed E-state index contributed by atoms with van der Waals surface area (Å²) in [7, 11) is 1.57. The summed E-state index contributed by atoms with van der Waals surface area (Å²) in [6.07, 6.45) is 3.23. The Kier molecular flexibility index (Phi) is 7.39. The number of amides is 1. The zero-order valence-corrected chi connectivity index (χ0v) is 17.5. The summed E-state index contributed by atoms with van der Waals surface area (Å²) in [6.45, 7) is 6.20. The molecule has 0 saturated carbocycles. The molecule has 9 heteroatoms. The molecule has 0 aromatic carbocycles. The van der Waals surface area contributed by atoms with Gasteiger partial charge in [-0.05, 0) is 31.9 Å². The van der Waals surface area contributed by atoms with Crippen LogP contribution in [0.2, 0.25) is 5.15 Å². The molecule has 0 saturated heterocycles. The maximum atomic E-state index is 13.0. The van der Waals surface area contributed by atoms with Crippen LogP contribution in [0.5, 0.6) is 0 Å². The minimum absolute atomic E-state index is 0.143. The summed E-state index contributed by atoms with van der Waals surface area (Å²) >= 11 is 6.26. The molecular weight excluding hydrogens is 380 g/mol. The zero-order valence-electron chi connectivity index (χ0n) is 16.7. The normalized spacial score (nSPS) is 10.8. The Bertz CT molecular complexity index is 926. The number of rotatable bonds is 8. The number of nitrogens with two attached hydrogens (primary N) is 1. The first-order valence-corrected chi connectivity index (χ1v) is 9.67. The van der Waals surface area contributed by atoms with Crippen LogP contribution in [0.3, 0.4) is 0 Å². The standard InChI is InChI=1S/C19H27ClN6O2/c1-5-6-7-8-23-17-19(28)26(12(3)16(20)25-17)18-14(21)9-13(11(2)24-18)10-15(27)22-4/h9H,5-8,10,21H2,1-4H3,(H,22,27)(H,23,25). The van der Waals surface area contributed by atoms with Gasteiger partial charge >= 0.3 is 0 Å². The van der Waals surface area contributed by atoms with E-state index in [4.69, 9.17) is 17.3 Å². The molecule has 2 heterocycles. The lowest BCUT2D eigenvalue weighted by Gasteiger charge is -2.16. The van der Waals surface area contributed by atoms with Gasteiger partial charge in [-0.25, -0.2) is 9.97 Å². The number of hydrogen-bond acceptors (Lipinski definition) is 6. The number of hydrogen-bond donors (Lipinski definition) is 3. The molecule has 2 aromatic heterocycles. The van der Waals surface area contributed by atoms with Crippen LogP contribution in [-0.2, 0) is 11.2 Å². The van der Waals surface area contributed by atoms with Crippen molar-refractivity contribution in [1.29, 1.82) is 0 Å². The molecule has 1 amide bonds. The molecule has 0 atom stereocenters. The second-order valence-corrected chi connectivity index (χ2v) is 6.96. The van der Waals surface area contributed by atoms with Gasteiger partial charge in [0.2, 0.25) is 5.91 Å². The summed E-state index contributed by atoms with van der Waals surface area (Å²) in [5.41, 5.74) is 7.86. The third kappa shape index (κ3) is 4.81. The predicted molar refractivity (Wildman–Crippen MR) is 112 cm³/mol. The number of carbonyl (C=O) groups excluding carboxylic acids is 1. The largest absolute Gasteiger partial charge is 0.396 e. The van der Waals surface area contributed by atoms with E-state index in [9.17, 15) is 9.59 Å². The van der Waals surface area contributed by atoms with Gasteiger partial charge in [0.1, 0.15) is 0 Å². The minimum Gasteiger partial charge on any atom is -0.396 e. The molecule has 0 bridgehead atoms. The van der Waals surface area contributed by atoms with E-state index < -0.39 is 0 Å². The average Bonchev–Trinajstić information content (AvgIpc) is 2.66. The zero-order chi connectivity index (χ0) is 20.8. The second-order valence-electron chi connectivity index (χ2n) is 6.61. The molecule has 28 heavy (non-hydrogen) atoms. The molecule has 0 aliphatic rings. The number of pyridine rings is 1. The van der Waals surface area contributed by atoms with Crippen molar-refractivity contribution in [2.24, 2.45) is 0 Å². The molecule has 0 aliphatic carbocycles. The van der Waals surface area contributed by atoms with E-state index >= 15 is 0 Å². The average molecular weight is 407 g/mol. The van der Waals surface area contributed by atoms with Crippen molar-refractivity contribution < 1.29 is 4.79 Å². The van der Waals surface area contributed by atoms with Crippen LogP contribution >= 0.6 is 11.6 Å². The van der Waals surface area contributed by atoms with Gasteiger partial charge in [-0.15, -0.1) is 0 Å². The summed E-state index contributed by atoms with van der Waals surface area (Å²) in [5, 5.41) is 5.83. The number of anilines is 2. The number of aromatic nitrogens is 3. The summed E-state index contributed by atoms with van der Waals surface area (Å²) < 4.78 is 1.36. The maximum Gasteiger partial charge on any atom is 0.299 e. The number of nitrogens with one attached hydrogen (secondary N) is 2. The van der Waals surface area contributed by atoms with E-state index in [-0.39, 0.29) is 40.4 Å². The number of aryl methyl sites for hydroxylation is 1. The molecule has 4 N–H and O–H groups in total. The number of likely N-dealkylation sites (N-methyl/N-ethyl adjacent to an activating group) is 1. The summed E-state index contributed by atoms with van der Waals surface area (Å²) in [5.74, 6) is 0.303. The fourth-order valence-electron chi connectivity index (χ4n) is 2.80. The smallest absolute Gasteiger partial charge is 0.299 e. The summed E-state index contributed by atoms with van der Waals surface area (Å²) in [4.78, 5) is 33.3. The molecule has 0 fully saturated rings. The number of nitrogen functional groups attached to an aromatic ring is 1. The van der Waals surface area contributed by atoms with Crippen molar-refractivity contribution in [1.82, 2.24) is 19.9 Å². The van der Waals surface area contributed by atoms with Crippen LogP contribution in [0, 0.1) is 13.8 Å². The Labute approximate surface area is 169 Å². The SMILES string of the molecule is CCCCCNc1nc(Cl)c(C)n(-c2nc(C)c(CC(=O)NC)cc2N)c1=O. The topological polar surface area (TPSA) is 115 Å². The van der Waals surface area contributed by atoms with Crippen LogP contribution in [0.1, 0.15) is 43.1 Å². The van der Waals surface area contributed by atoms with Crippen LogP contribution in [0.15, 0.2) is 10.9 Å². The lowest BCUT2D eigenvalue weighted by Crippen LogP contribution is -2.28. The third-order valence-corrected chi connectivity index (χ3v) is 4.85. The van der Waals surface area contributed by atoms with Crippen molar-refractivity contribution >= 4 is 29.0 Å². The highest BCUT2D eigenvalue weighted by atomic mass is 35.5.